The van der Waals surface area contributed by atoms with E-state index in [1.807, 2.05) is 0 Å². The van der Waals surface area contributed by atoms with Gasteiger partial charge in [-0.2, -0.15) is 12.6 Å². The highest BCUT2D eigenvalue weighted by atomic mass is 32.1. The van der Waals surface area contributed by atoms with Crippen LogP contribution in [0.15, 0.2) is 0 Å². The predicted molar refractivity (Wildman–Crippen MR) is 71.9 cm³/mol. The Morgan fingerprint density at radius 1 is 1.37 bits per heavy atom. The van der Waals surface area contributed by atoms with Gasteiger partial charge in [0.1, 0.15) is 6.04 Å². The molecule has 110 valence electrons. The van der Waals surface area contributed by atoms with Crippen molar-refractivity contribution in [2.75, 3.05) is 33.6 Å². The van der Waals surface area contributed by atoms with Gasteiger partial charge in [0.05, 0.1) is 13.7 Å². The number of hydrogen-bond acceptors (Lipinski definition) is 6. The van der Waals surface area contributed by atoms with E-state index in [2.05, 4.69) is 12.6 Å². The molecule has 0 radical (unpaired) electrons. The van der Waals surface area contributed by atoms with Crippen molar-refractivity contribution in [2.45, 2.75) is 25.2 Å². The van der Waals surface area contributed by atoms with E-state index >= 15 is 0 Å². The molecule has 2 atom stereocenters. The lowest BCUT2D eigenvalue weighted by Crippen LogP contribution is -2.45. The zero-order valence-corrected chi connectivity index (χ0v) is 12.6. The summed E-state index contributed by atoms with van der Waals surface area (Å²) in [5, 5.41) is 0. The van der Waals surface area contributed by atoms with Crippen molar-refractivity contribution in [3.63, 3.8) is 0 Å². The highest BCUT2D eigenvalue weighted by Gasteiger charge is 2.50. The molecular weight excluding hydrogens is 270 g/mol. The Bertz CT molecular complexity index is 345. The number of rotatable bonds is 5. The van der Waals surface area contributed by atoms with Gasteiger partial charge >= 0.3 is 5.97 Å². The van der Waals surface area contributed by atoms with E-state index in [9.17, 15) is 9.59 Å². The van der Waals surface area contributed by atoms with E-state index in [-0.39, 0.29) is 24.8 Å². The van der Waals surface area contributed by atoms with Gasteiger partial charge in [-0.05, 0) is 0 Å². The fraction of sp³-hybridized carbons (Fsp3) is 0.833. The molecule has 0 bridgehead atoms. The summed E-state index contributed by atoms with van der Waals surface area (Å²) in [5.74, 6) is -1.43. The van der Waals surface area contributed by atoms with Crippen LogP contribution in [0, 0.1) is 5.92 Å². The van der Waals surface area contributed by atoms with Gasteiger partial charge in [0.2, 0.25) is 5.91 Å². The highest BCUT2D eigenvalue weighted by Crippen LogP contribution is 2.32. The Labute approximate surface area is 118 Å². The first kappa shape index (κ1) is 16.3. The van der Waals surface area contributed by atoms with Gasteiger partial charge < -0.3 is 19.1 Å². The first-order valence-electron chi connectivity index (χ1n) is 6.04. The smallest absolute Gasteiger partial charge is 0.328 e. The Kier molecular flexibility index (Phi) is 5.64. The number of thiol groups is 1. The van der Waals surface area contributed by atoms with Crippen LogP contribution in [0.5, 0.6) is 0 Å². The molecule has 7 heteroatoms. The molecule has 19 heavy (non-hydrogen) atoms. The van der Waals surface area contributed by atoms with Crippen LogP contribution in [0.2, 0.25) is 0 Å². The van der Waals surface area contributed by atoms with Crippen LogP contribution in [0.3, 0.4) is 0 Å². The maximum Gasteiger partial charge on any atom is 0.328 e. The third-order valence-corrected chi connectivity index (χ3v) is 4.04. The minimum absolute atomic E-state index is 0.152. The summed E-state index contributed by atoms with van der Waals surface area (Å²) in [4.78, 5) is 25.6. The van der Waals surface area contributed by atoms with Gasteiger partial charge in [0.25, 0.3) is 0 Å². The van der Waals surface area contributed by atoms with Gasteiger partial charge in [-0.3, -0.25) is 4.79 Å². The quantitative estimate of drug-likeness (QED) is 0.449. The highest BCUT2D eigenvalue weighted by molar-refractivity contribution is 7.80. The monoisotopic (exact) mass is 291 g/mol. The van der Waals surface area contributed by atoms with E-state index in [4.69, 9.17) is 14.2 Å². The Hall–Kier alpha value is -0.790. The van der Waals surface area contributed by atoms with Crippen LogP contribution in [-0.4, -0.2) is 62.2 Å². The number of nitrogens with zero attached hydrogens (tertiary/aromatic N) is 1. The maximum absolute atomic E-state index is 12.3. The molecule has 0 N–H and O–H groups in total. The SMILES string of the molecule is COC(=O)[C@@H]1CC(OC)(OC)CN1C(=O)C(C)CS. The van der Waals surface area contributed by atoms with E-state index < -0.39 is 17.8 Å². The van der Waals surface area contributed by atoms with Gasteiger partial charge in [0, 0.05) is 32.3 Å². The lowest BCUT2D eigenvalue weighted by molar-refractivity contribution is -0.197. The molecule has 1 amide bonds. The average Bonchev–Trinajstić information content (AvgIpc) is 2.85. The van der Waals surface area contributed by atoms with Crippen molar-refractivity contribution in [1.82, 2.24) is 4.90 Å². The fourth-order valence-electron chi connectivity index (χ4n) is 2.16. The van der Waals surface area contributed by atoms with Gasteiger partial charge in [-0.1, -0.05) is 6.92 Å². The molecule has 1 heterocycles. The minimum Gasteiger partial charge on any atom is -0.467 e. The van der Waals surface area contributed by atoms with Gasteiger partial charge in [-0.25, -0.2) is 4.79 Å². The summed E-state index contributed by atoms with van der Waals surface area (Å²) in [5.41, 5.74) is 0. The van der Waals surface area contributed by atoms with Crippen LogP contribution in [-0.2, 0) is 23.8 Å². The molecule has 1 fully saturated rings. The number of amides is 1. The van der Waals surface area contributed by atoms with E-state index in [1.165, 1.54) is 26.2 Å². The standard InChI is InChI=1S/C12H21NO5S/c1-8(6-19)10(14)13-7-12(17-3,18-4)5-9(13)11(15)16-2/h8-9,19H,5-7H2,1-4H3/t8?,9-/m0/s1. The normalized spacial score (nSPS) is 23.2. The number of esters is 1. The van der Waals surface area contributed by atoms with Crippen molar-refractivity contribution in [1.29, 1.82) is 0 Å². The predicted octanol–water partition coefficient (Wildman–Crippen LogP) is 0.315. The molecule has 0 saturated carbocycles. The number of carbonyl (C=O) groups is 2. The third-order valence-electron chi connectivity index (χ3n) is 3.49. The summed E-state index contributed by atoms with van der Waals surface area (Å²) in [6, 6.07) is -0.681. The van der Waals surface area contributed by atoms with E-state index in [1.54, 1.807) is 6.92 Å². The minimum atomic E-state index is -0.954. The summed E-state index contributed by atoms with van der Waals surface area (Å²) in [7, 11) is 4.29. The third kappa shape index (κ3) is 3.21. The fourth-order valence-corrected chi connectivity index (χ4v) is 2.31. The topological polar surface area (TPSA) is 65.1 Å². The number of carbonyl (C=O) groups excluding carboxylic acids is 2. The van der Waals surface area contributed by atoms with Gasteiger partial charge in [0.15, 0.2) is 5.79 Å². The Morgan fingerprint density at radius 3 is 2.37 bits per heavy atom. The Morgan fingerprint density at radius 2 is 1.95 bits per heavy atom. The summed E-state index contributed by atoms with van der Waals surface area (Å²) >= 11 is 4.11. The molecule has 0 aromatic rings. The average molecular weight is 291 g/mol. The molecule has 1 saturated heterocycles. The number of hydrogen-bond donors (Lipinski definition) is 1. The zero-order valence-electron chi connectivity index (χ0n) is 11.7. The number of likely N-dealkylation sites (tertiary alicyclic amines) is 1. The first-order valence-corrected chi connectivity index (χ1v) is 6.67. The summed E-state index contributed by atoms with van der Waals surface area (Å²) < 4.78 is 15.4. The Balaban J connectivity index is 2.98. The van der Waals surface area contributed by atoms with Crippen molar-refractivity contribution in [3.05, 3.63) is 0 Å². The second kappa shape index (κ2) is 6.58. The lowest BCUT2D eigenvalue weighted by atomic mass is 10.1. The first-order chi connectivity index (χ1) is 8.94. The molecule has 6 nitrogen and oxygen atoms in total. The second-order valence-electron chi connectivity index (χ2n) is 4.61. The van der Waals surface area contributed by atoms with Crippen LogP contribution < -0.4 is 0 Å². The molecule has 0 spiro atoms. The molecule has 1 unspecified atom stereocenters. The van der Waals surface area contributed by atoms with Crippen molar-refractivity contribution in [2.24, 2.45) is 5.92 Å². The van der Waals surface area contributed by atoms with Crippen LogP contribution >= 0.6 is 12.6 Å². The number of ether oxygens (including phenoxy) is 3. The summed E-state index contributed by atoms with van der Waals surface area (Å²) in [6.07, 6.45) is 0.262. The molecule has 1 aliphatic rings. The second-order valence-corrected chi connectivity index (χ2v) is 4.98. The van der Waals surface area contributed by atoms with Crippen molar-refractivity contribution < 1.29 is 23.8 Å². The van der Waals surface area contributed by atoms with Crippen LogP contribution in [0.1, 0.15) is 13.3 Å². The largest absolute Gasteiger partial charge is 0.467 e. The molecule has 1 aliphatic heterocycles. The van der Waals surface area contributed by atoms with Crippen LogP contribution in [0.4, 0.5) is 0 Å². The molecule has 0 aliphatic carbocycles. The molecule has 0 aromatic heterocycles. The lowest BCUT2D eigenvalue weighted by Gasteiger charge is -2.27. The van der Waals surface area contributed by atoms with Crippen molar-refractivity contribution >= 4 is 24.5 Å². The van der Waals surface area contributed by atoms with Crippen molar-refractivity contribution in [3.8, 4) is 0 Å². The number of methoxy groups -OCH3 is 3. The molecular formula is C12H21NO5S. The van der Waals surface area contributed by atoms with E-state index in [0.717, 1.165) is 0 Å². The van der Waals surface area contributed by atoms with E-state index in [0.29, 0.717) is 5.75 Å². The summed E-state index contributed by atoms with van der Waals surface area (Å²) in [6.45, 7) is 1.97. The molecule has 0 aromatic carbocycles. The van der Waals surface area contributed by atoms with Gasteiger partial charge in [-0.15, -0.1) is 0 Å². The van der Waals surface area contributed by atoms with Crippen LogP contribution in [0.25, 0.3) is 0 Å². The maximum atomic E-state index is 12.3. The zero-order chi connectivity index (χ0) is 14.6. The molecule has 1 rings (SSSR count).